The monoisotopic (exact) mass is 440 g/mol. The SMILES string of the molecule is O=C(NCC1CCCCC1)c1nnc2n1CCN1CCN(C(=O)c3cccc(F)c3)CC21. The number of carbonyl (C=O) groups is 2. The summed E-state index contributed by atoms with van der Waals surface area (Å²) in [6.45, 7) is 3.85. The zero-order valence-corrected chi connectivity index (χ0v) is 18.2. The van der Waals surface area contributed by atoms with Gasteiger partial charge in [-0.3, -0.25) is 14.5 Å². The second-order valence-electron chi connectivity index (χ2n) is 9.06. The molecule has 2 fully saturated rings. The standard InChI is InChI=1S/C23H29FN6O2/c24-18-8-4-7-17(13-18)23(32)29-10-9-28-11-12-30-20(19(28)15-29)26-27-21(30)22(31)25-14-16-5-2-1-3-6-16/h4,7-8,13,16,19H,1-3,5-6,9-12,14-15H2,(H,25,31). The molecule has 1 unspecified atom stereocenters. The molecule has 1 atom stereocenters. The number of halogens is 1. The molecule has 1 saturated carbocycles. The third-order valence-electron chi connectivity index (χ3n) is 7.02. The van der Waals surface area contributed by atoms with E-state index >= 15 is 0 Å². The minimum atomic E-state index is -0.421. The van der Waals surface area contributed by atoms with Gasteiger partial charge in [-0.05, 0) is 37.0 Å². The lowest BCUT2D eigenvalue weighted by molar-refractivity contribution is 0.0372. The molecule has 1 saturated heterocycles. The van der Waals surface area contributed by atoms with E-state index in [1.807, 2.05) is 4.57 Å². The van der Waals surface area contributed by atoms with E-state index in [1.165, 1.54) is 44.2 Å². The van der Waals surface area contributed by atoms with Gasteiger partial charge in [0.2, 0.25) is 5.82 Å². The molecule has 0 spiro atoms. The van der Waals surface area contributed by atoms with Crippen molar-refractivity contribution in [3.05, 3.63) is 47.3 Å². The summed E-state index contributed by atoms with van der Waals surface area (Å²) in [6.07, 6.45) is 6.11. The van der Waals surface area contributed by atoms with Gasteiger partial charge in [-0.25, -0.2) is 4.39 Å². The molecule has 3 heterocycles. The molecule has 3 aliphatic rings. The summed E-state index contributed by atoms with van der Waals surface area (Å²) in [5, 5.41) is 11.6. The fourth-order valence-electron chi connectivity index (χ4n) is 5.21. The van der Waals surface area contributed by atoms with Crippen LogP contribution in [0.4, 0.5) is 4.39 Å². The number of hydrogen-bond acceptors (Lipinski definition) is 5. The first-order chi connectivity index (χ1) is 15.6. The van der Waals surface area contributed by atoms with Gasteiger partial charge in [0.05, 0.1) is 6.04 Å². The van der Waals surface area contributed by atoms with E-state index in [1.54, 1.807) is 17.0 Å². The minimum Gasteiger partial charge on any atom is -0.349 e. The van der Waals surface area contributed by atoms with E-state index in [0.717, 1.165) is 12.4 Å². The number of hydrogen-bond donors (Lipinski definition) is 1. The first-order valence-corrected chi connectivity index (χ1v) is 11.6. The summed E-state index contributed by atoms with van der Waals surface area (Å²) in [5.41, 5.74) is 0.346. The highest BCUT2D eigenvalue weighted by atomic mass is 19.1. The molecule has 0 bridgehead atoms. The van der Waals surface area contributed by atoms with Gasteiger partial charge in [0.1, 0.15) is 5.82 Å². The van der Waals surface area contributed by atoms with Crippen molar-refractivity contribution in [1.29, 1.82) is 0 Å². The van der Waals surface area contributed by atoms with Crippen LogP contribution in [0.1, 0.15) is 64.9 Å². The third kappa shape index (κ3) is 4.13. The summed E-state index contributed by atoms with van der Waals surface area (Å²) < 4.78 is 15.5. The van der Waals surface area contributed by atoms with Crippen LogP contribution in [0.25, 0.3) is 0 Å². The number of aromatic nitrogens is 3. The average Bonchev–Trinajstić information content (AvgIpc) is 3.27. The normalized spacial score (nSPS) is 21.7. The van der Waals surface area contributed by atoms with Crippen molar-refractivity contribution in [3.8, 4) is 0 Å². The second kappa shape index (κ2) is 8.97. The fourth-order valence-corrected chi connectivity index (χ4v) is 5.21. The van der Waals surface area contributed by atoms with Crippen molar-refractivity contribution >= 4 is 11.8 Å². The number of piperazine rings is 1. The molecule has 0 radical (unpaired) electrons. The molecule has 8 nitrogen and oxygen atoms in total. The van der Waals surface area contributed by atoms with Gasteiger partial charge < -0.3 is 14.8 Å². The molecular weight excluding hydrogens is 411 g/mol. The summed E-state index contributed by atoms with van der Waals surface area (Å²) in [5.74, 6) is 0.834. The lowest BCUT2D eigenvalue weighted by Gasteiger charge is -2.43. The molecule has 32 heavy (non-hydrogen) atoms. The van der Waals surface area contributed by atoms with Crippen LogP contribution in [0.5, 0.6) is 0 Å². The highest BCUT2D eigenvalue weighted by molar-refractivity contribution is 5.94. The van der Waals surface area contributed by atoms with E-state index in [4.69, 9.17) is 0 Å². The predicted molar refractivity (Wildman–Crippen MR) is 116 cm³/mol. The number of amides is 2. The van der Waals surface area contributed by atoms with Crippen molar-refractivity contribution < 1.29 is 14.0 Å². The molecule has 9 heteroatoms. The summed E-state index contributed by atoms with van der Waals surface area (Å²) in [6, 6.07) is 5.67. The van der Waals surface area contributed by atoms with Crippen LogP contribution < -0.4 is 5.32 Å². The zero-order valence-electron chi connectivity index (χ0n) is 18.2. The van der Waals surface area contributed by atoms with Crippen LogP contribution in [0.2, 0.25) is 0 Å². The Hall–Kier alpha value is -2.81. The third-order valence-corrected chi connectivity index (χ3v) is 7.02. The zero-order chi connectivity index (χ0) is 22.1. The fraction of sp³-hybridized carbons (Fsp3) is 0.565. The molecule has 2 aliphatic heterocycles. The Labute approximate surface area is 186 Å². The van der Waals surface area contributed by atoms with Crippen molar-refractivity contribution in [2.75, 3.05) is 32.7 Å². The first-order valence-electron chi connectivity index (χ1n) is 11.6. The van der Waals surface area contributed by atoms with Gasteiger partial charge in [-0.2, -0.15) is 0 Å². The van der Waals surface area contributed by atoms with Gasteiger partial charge >= 0.3 is 0 Å². The molecule has 1 N–H and O–H groups in total. The molecule has 2 aromatic rings. The maximum Gasteiger partial charge on any atom is 0.289 e. The van der Waals surface area contributed by atoms with E-state index in [2.05, 4.69) is 20.4 Å². The quantitative estimate of drug-likeness (QED) is 0.789. The van der Waals surface area contributed by atoms with Crippen molar-refractivity contribution in [1.82, 2.24) is 29.9 Å². The Morgan fingerprint density at radius 2 is 1.88 bits per heavy atom. The van der Waals surface area contributed by atoms with Crippen LogP contribution in [0.15, 0.2) is 24.3 Å². The second-order valence-corrected chi connectivity index (χ2v) is 9.06. The van der Waals surface area contributed by atoms with Gasteiger partial charge in [0, 0.05) is 44.8 Å². The predicted octanol–water partition coefficient (Wildman–Crippen LogP) is 2.24. The molecule has 5 rings (SSSR count). The number of nitrogens with one attached hydrogen (secondary N) is 1. The van der Waals surface area contributed by atoms with Crippen LogP contribution in [-0.2, 0) is 6.54 Å². The molecular formula is C23H29FN6O2. The Morgan fingerprint density at radius 3 is 2.69 bits per heavy atom. The van der Waals surface area contributed by atoms with Crippen LogP contribution in [-0.4, -0.2) is 69.1 Å². The molecule has 1 aromatic carbocycles. The van der Waals surface area contributed by atoms with Crippen LogP contribution >= 0.6 is 0 Å². The maximum absolute atomic E-state index is 13.6. The molecule has 2 amide bonds. The largest absolute Gasteiger partial charge is 0.349 e. The van der Waals surface area contributed by atoms with Crippen molar-refractivity contribution in [2.24, 2.45) is 5.92 Å². The Morgan fingerprint density at radius 1 is 1.06 bits per heavy atom. The number of nitrogens with zero attached hydrogens (tertiary/aromatic N) is 5. The van der Waals surface area contributed by atoms with Gasteiger partial charge in [0.15, 0.2) is 5.82 Å². The van der Waals surface area contributed by atoms with Crippen molar-refractivity contribution in [2.45, 2.75) is 44.7 Å². The van der Waals surface area contributed by atoms with E-state index in [9.17, 15) is 14.0 Å². The summed E-state index contributed by atoms with van der Waals surface area (Å²) in [7, 11) is 0. The minimum absolute atomic E-state index is 0.123. The summed E-state index contributed by atoms with van der Waals surface area (Å²) >= 11 is 0. The Balaban J connectivity index is 1.28. The number of fused-ring (bicyclic) bond motifs is 3. The van der Waals surface area contributed by atoms with Gasteiger partial charge in [-0.1, -0.05) is 25.3 Å². The Bertz CT molecular complexity index is 1000. The average molecular weight is 441 g/mol. The number of carbonyl (C=O) groups excluding carboxylic acids is 2. The smallest absolute Gasteiger partial charge is 0.289 e. The maximum atomic E-state index is 13.6. The van der Waals surface area contributed by atoms with Crippen LogP contribution in [0.3, 0.4) is 0 Å². The Kier molecular flexibility index (Phi) is 5.91. The molecule has 170 valence electrons. The number of rotatable bonds is 4. The lowest BCUT2D eigenvalue weighted by Crippen LogP contribution is -2.53. The van der Waals surface area contributed by atoms with E-state index < -0.39 is 5.82 Å². The van der Waals surface area contributed by atoms with E-state index in [0.29, 0.717) is 50.0 Å². The molecule has 1 aromatic heterocycles. The highest BCUT2D eigenvalue weighted by Crippen LogP contribution is 2.29. The van der Waals surface area contributed by atoms with Gasteiger partial charge in [0.25, 0.3) is 11.8 Å². The van der Waals surface area contributed by atoms with Gasteiger partial charge in [-0.15, -0.1) is 10.2 Å². The van der Waals surface area contributed by atoms with Crippen LogP contribution in [0, 0.1) is 11.7 Å². The number of benzene rings is 1. The van der Waals surface area contributed by atoms with Crippen molar-refractivity contribution in [3.63, 3.8) is 0 Å². The summed E-state index contributed by atoms with van der Waals surface area (Å²) in [4.78, 5) is 29.8. The van der Waals surface area contributed by atoms with E-state index in [-0.39, 0.29) is 17.9 Å². The first kappa shape index (κ1) is 21.1. The topological polar surface area (TPSA) is 83.4 Å². The highest BCUT2D eigenvalue weighted by Gasteiger charge is 2.38. The lowest BCUT2D eigenvalue weighted by atomic mass is 9.89. The molecule has 1 aliphatic carbocycles.